The molecule has 15 nitrogen and oxygen atoms in total. The smallest absolute Gasteiger partial charge is 0.350 e. The van der Waals surface area contributed by atoms with E-state index in [1.165, 1.54) is 92.6 Å². The van der Waals surface area contributed by atoms with Crippen LogP contribution < -0.4 is 15.9 Å². The molecule has 0 radical (unpaired) electrons. The van der Waals surface area contributed by atoms with Gasteiger partial charge in [0, 0.05) is 56.9 Å². The number of aliphatic hydroxyl groups excluding tert-OH is 1. The Morgan fingerprint density at radius 3 is 1.62 bits per heavy atom. The molecule has 2 heterocycles. The van der Waals surface area contributed by atoms with E-state index in [0.717, 1.165) is 82.2 Å². The molecule has 1 aromatic carbocycles. The van der Waals surface area contributed by atoms with Crippen molar-refractivity contribution in [2.24, 2.45) is 0 Å². The number of carbonyl (C=O) groups is 4. The summed E-state index contributed by atoms with van der Waals surface area (Å²) in [5, 5.41) is 26.0. The first-order valence-corrected chi connectivity index (χ1v) is 23.8. The molecule has 1 unspecified atom stereocenters. The number of hydrogen-bond acceptors (Lipinski definition) is 12. The fourth-order valence-electron chi connectivity index (χ4n) is 7.32. The molecule has 2 atom stereocenters. The molecule has 1 saturated heterocycles. The summed E-state index contributed by atoms with van der Waals surface area (Å²) in [6, 6.07) is 7.65. The average molecular weight is 886 g/mol. The van der Waals surface area contributed by atoms with Crippen LogP contribution >= 0.6 is 0 Å². The quantitative estimate of drug-likeness (QED) is 0.0276. The molecule has 0 saturated carbocycles. The Balaban J connectivity index is 0.000000480. The minimum Gasteiger partial charge on any atom is -0.478 e. The number of aliphatic carboxylic acids is 1. The standard InChI is InChI=1S/C31H54O8.C17H25N5O2/c1-3-5-7-9-11-13-15-17-19-21-29(34)37-25-27(39-31(36)24-23-28(32)33)26-38-30(35)22-20-18-16-14-12-10-8-6-4-2;1-3-16(13(2)23)22-17(24)21(12-19-22)15-6-4-14(5-7-15)20-10-8-18-9-11-20/h23-24,27H,3-22,25-26H2,1-2H3,(H,32,33);4-7,12-13,16,18,23H,3,8-11H2,1-2H3/b24-23+;/t;13-,16?/m.0/s1. The van der Waals surface area contributed by atoms with E-state index in [1.807, 2.05) is 31.2 Å². The second-order valence-electron chi connectivity index (χ2n) is 16.5. The number of unbranched alkanes of at least 4 members (excludes halogenated alkanes) is 16. The predicted octanol–water partition coefficient (Wildman–Crippen LogP) is 8.24. The van der Waals surface area contributed by atoms with Crippen molar-refractivity contribution in [2.75, 3.05) is 44.3 Å². The van der Waals surface area contributed by atoms with Crippen molar-refractivity contribution < 1.29 is 43.6 Å². The third kappa shape index (κ3) is 24.2. The van der Waals surface area contributed by atoms with Gasteiger partial charge in [0.05, 0.1) is 17.8 Å². The zero-order valence-electron chi connectivity index (χ0n) is 38.8. The van der Waals surface area contributed by atoms with Crippen molar-refractivity contribution in [2.45, 2.75) is 181 Å². The number of hydrogen-bond donors (Lipinski definition) is 3. The van der Waals surface area contributed by atoms with Crippen LogP contribution in [0.4, 0.5) is 5.69 Å². The Morgan fingerprint density at radius 2 is 1.17 bits per heavy atom. The van der Waals surface area contributed by atoms with E-state index in [0.29, 0.717) is 12.5 Å². The summed E-state index contributed by atoms with van der Waals surface area (Å²) in [6.07, 6.45) is 23.0. The molecule has 3 N–H and O–H groups in total. The summed E-state index contributed by atoms with van der Waals surface area (Å²) in [5.41, 5.74) is 1.72. The SMILES string of the molecule is CCC([C@H](C)O)n1ncn(-c2ccc(N3CCNCC3)cc2)c1=O.CCCCCCCCCCCC(=O)OCC(COC(=O)CCCCCCCCCCC)OC(=O)/C=C/C(=O)O. The van der Waals surface area contributed by atoms with Crippen LogP contribution in [-0.4, -0.2) is 100 Å². The van der Waals surface area contributed by atoms with Gasteiger partial charge < -0.3 is 34.6 Å². The maximum Gasteiger partial charge on any atom is 0.350 e. The molecule has 1 aromatic heterocycles. The van der Waals surface area contributed by atoms with Crippen LogP contribution in [0.3, 0.4) is 0 Å². The van der Waals surface area contributed by atoms with Gasteiger partial charge in [-0.05, 0) is 50.5 Å². The van der Waals surface area contributed by atoms with E-state index in [9.17, 15) is 29.1 Å². The largest absolute Gasteiger partial charge is 0.478 e. The number of nitrogens with one attached hydrogen (secondary N) is 1. The van der Waals surface area contributed by atoms with Crippen molar-refractivity contribution in [3.63, 3.8) is 0 Å². The van der Waals surface area contributed by atoms with Gasteiger partial charge in [-0.3, -0.25) is 9.59 Å². The minimum atomic E-state index is -1.29. The van der Waals surface area contributed by atoms with Crippen molar-refractivity contribution in [3.05, 3.63) is 53.2 Å². The van der Waals surface area contributed by atoms with Gasteiger partial charge in [-0.1, -0.05) is 124 Å². The average Bonchev–Trinajstić information content (AvgIpc) is 3.66. The van der Waals surface area contributed by atoms with Crippen molar-refractivity contribution in [1.29, 1.82) is 0 Å². The van der Waals surface area contributed by atoms with Gasteiger partial charge >= 0.3 is 29.6 Å². The van der Waals surface area contributed by atoms with E-state index in [4.69, 9.17) is 19.3 Å². The number of ether oxygens (including phenoxy) is 3. The van der Waals surface area contributed by atoms with Crippen LogP contribution in [0, 0.1) is 0 Å². The first-order chi connectivity index (χ1) is 30.5. The lowest BCUT2D eigenvalue weighted by atomic mass is 10.1. The Morgan fingerprint density at radius 1 is 0.714 bits per heavy atom. The maximum atomic E-state index is 12.6. The van der Waals surface area contributed by atoms with Gasteiger partial charge in [0.2, 0.25) is 0 Å². The summed E-state index contributed by atoms with van der Waals surface area (Å²) < 4.78 is 18.5. The van der Waals surface area contributed by atoms with E-state index in [1.54, 1.807) is 6.92 Å². The molecular weight excluding hydrogens is 807 g/mol. The number of carbonyl (C=O) groups excluding carboxylic acids is 3. The van der Waals surface area contributed by atoms with Crippen molar-refractivity contribution in [3.8, 4) is 5.69 Å². The van der Waals surface area contributed by atoms with Crippen LogP contribution in [0.5, 0.6) is 0 Å². The monoisotopic (exact) mass is 886 g/mol. The molecule has 3 rings (SSSR count). The molecule has 0 bridgehead atoms. The van der Waals surface area contributed by atoms with Crippen molar-refractivity contribution >= 4 is 29.6 Å². The zero-order chi connectivity index (χ0) is 46.1. The van der Waals surface area contributed by atoms with Gasteiger partial charge in [-0.25, -0.2) is 23.6 Å². The highest BCUT2D eigenvalue weighted by Gasteiger charge is 2.21. The first kappa shape index (κ1) is 54.6. The fourth-order valence-corrected chi connectivity index (χ4v) is 7.32. The second-order valence-corrected chi connectivity index (χ2v) is 16.5. The fraction of sp³-hybridized carbons (Fsp3) is 0.708. The summed E-state index contributed by atoms with van der Waals surface area (Å²) in [7, 11) is 0. The van der Waals surface area contributed by atoms with Gasteiger partial charge in [-0.2, -0.15) is 5.10 Å². The second kappa shape index (κ2) is 34.0. The predicted molar refractivity (Wildman–Crippen MR) is 246 cm³/mol. The molecule has 1 aliphatic rings. The van der Waals surface area contributed by atoms with E-state index < -0.39 is 36.1 Å². The van der Waals surface area contributed by atoms with Gasteiger partial charge in [0.1, 0.15) is 19.5 Å². The molecule has 356 valence electrons. The molecule has 63 heavy (non-hydrogen) atoms. The van der Waals surface area contributed by atoms with Crippen LogP contribution in [0.15, 0.2) is 47.5 Å². The van der Waals surface area contributed by atoms with E-state index >= 15 is 0 Å². The Bertz CT molecular complexity index is 1600. The normalized spacial score (nSPS) is 13.7. The molecule has 2 aromatic rings. The number of carboxylic acids is 1. The summed E-state index contributed by atoms with van der Waals surface area (Å²) in [6.45, 7) is 11.5. The lowest BCUT2D eigenvalue weighted by Gasteiger charge is -2.29. The number of carboxylic acid groups (broad SMARTS) is 1. The Labute approximate surface area is 375 Å². The molecular formula is C48H79N5O10. The number of nitrogens with zero attached hydrogens (tertiary/aromatic N) is 4. The number of aromatic nitrogens is 3. The van der Waals surface area contributed by atoms with Crippen LogP contribution in [0.25, 0.3) is 5.69 Å². The third-order valence-corrected chi connectivity index (χ3v) is 11.1. The number of esters is 3. The topological polar surface area (TPSA) is 192 Å². The van der Waals surface area contributed by atoms with Gasteiger partial charge in [0.25, 0.3) is 0 Å². The minimum absolute atomic E-state index is 0.224. The molecule has 15 heteroatoms. The van der Waals surface area contributed by atoms with E-state index in [-0.39, 0.29) is 37.8 Å². The lowest BCUT2D eigenvalue weighted by Crippen LogP contribution is -2.43. The van der Waals surface area contributed by atoms with Crippen LogP contribution in [0.2, 0.25) is 0 Å². The molecule has 1 aliphatic heterocycles. The number of benzene rings is 1. The third-order valence-electron chi connectivity index (χ3n) is 11.1. The number of piperazine rings is 1. The van der Waals surface area contributed by atoms with E-state index in [2.05, 4.69) is 29.2 Å². The highest BCUT2D eigenvalue weighted by molar-refractivity contribution is 5.90. The molecule has 0 aliphatic carbocycles. The summed E-state index contributed by atoms with van der Waals surface area (Å²) in [4.78, 5) is 61.7. The zero-order valence-corrected chi connectivity index (χ0v) is 38.8. The van der Waals surface area contributed by atoms with Gasteiger partial charge in [-0.15, -0.1) is 0 Å². The molecule has 1 fully saturated rings. The summed E-state index contributed by atoms with van der Waals surface area (Å²) >= 11 is 0. The number of rotatable bonds is 32. The maximum absolute atomic E-state index is 12.6. The highest BCUT2D eigenvalue weighted by atomic mass is 16.6. The Kier molecular flexibility index (Phi) is 29.5. The summed E-state index contributed by atoms with van der Waals surface area (Å²) in [5.74, 6) is -3.00. The van der Waals surface area contributed by atoms with Crippen LogP contribution in [0.1, 0.15) is 169 Å². The van der Waals surface area contributed by atoms with Crippen LogP contribution in [-0.2, 0) is 33.4 Å². The molecule has 0 amide bonds. The first-order valence-electron chi connectivity index (χ1n) is 23.8. The lowest BCUT2D eigenvalue weighted by molar-refractivity contribution is -0.163. The highest BCUT2D eigenvalue weighted by Crippen LogP contribution is 2.19. The van der Waals surface area contributed by atoms with Gasteiger partial charge in [0.15, 0.2) is 6.10 Å². The Hall–Kier alpha value is -4.50. The molecule has 0 spiro atoms. The van der Waals surface area contributed by atoms with Crippen molar-refractivity contribution in [1.82, 2.24) is 19.7 Å². The number of aliphatic hydroxyl groups is 1. The number of anilines is 1.